The van der Waals surface area contributed by atoms with Crippen LogP contribution in [0.15, 0.2) is 18.2 Å². The molecule has 0 saturated carbocycles. The standard InChI is InChI=1S/C12H17N3O4/c1-8(7-16)14(3)12(17)10-6-9(15(18)19)4-5-11(10)13-2/h4-6,8,13,16H,7H2,1-3H3. The predicted octanol–water partition coefficient (Wildman–Crippen LogP) is 1.09. The highest BCUT2D eigenvalue weighted by Gasteiger charge is 2.22. The van der Waals surface area contributed by atoms with E-state index in [0.717, 1.165) is 0 Å². The summed E-state index contributed by atoms with van der Waals surface area (Å²) in [4.78, 5) is 23.8. The van der Waals surface area contributed by atoms with Gasteiger partial charge in [-0.05, 0) is 13.0 Å². The first-order chi connectivity index (χ1) is 8.92. The number of benzene rings is 1. The molecule has 0 fully saturated rings. The topological polar surface area (TPSA) is 95.7 Å². The number of hydrogen-bond acceptors (Lipinski definition) is 5. The average Bonchev–Trinajstić information content (AvgIpc) is 2.43. The fourth-order valence-electron chi connectivity index (χ4n) is 1.55. The number of aliphatic hydroxyl groups excluding tert-OH is 1. The largest absolute Gasteiger partial charge is 0.394 e. The van der Waals surface area contributed by atoms with E-state index >= 15 is 0 Å². The molecule has 2 N–H and O–H groups in total. The Morgan fingerprint density at radius 2 is 2.21 bits per heavy atom. The molecule has 1 unspecified atom stereocenters. The SMILES string of the molecule is CNc1ccc([N+](=O)[O-])cc1C(=O)N(C)C(C)CO. The highest BCUT2D eigenvalue weighted by molar-refractivity contribution is 6.00. The predicted molar refractivity (Wildman–Crippen MR) is 71.3 cm³/mol. The Labute approximate surface area is 111 Å². The number of likely N-dealkylation sites (N-methyl/N-ethyl adjacent to an activating group) is 1. The first-order valence-corrected chi connectivity index (χ1v) is 5.76. The van der Waals surface area contributed by atoms with E-state index in [4.69, 9.17) is 5.11 Å². The number of aliphatic hydroxyl groups is 1. The van der Waals surface area contributed by atoms with Crippen LogP contribution in [0.1, 0.15) is 17.3 Å². The number of nitrogens with one attached hydrogen (secondary N) is 1. The van der Waals surface area contributed by atoms with Crippen molar-refractivity contribution in [3.8, 4) is 0 Å². The van der Waals surface area contributed by atoms with Crippen molar-refractivity contribution in [1.82, 2.24) is 4.90 Å². The summed E-state index contributed by atoms with van der Waals surface area (Å²) in [5, 5.41) is 22.6. The molecule has 0 spiro atoms. The number of nitrogens with zero attached hydrogens (tertiary/aromatic N) is 2. The average molecular weight is 267 g/mol. The second kappa shape index (κ2) is 6.14. The van der Waals surface area contributed by atoms with Crippen LogP contribution in [0.4, 0.5) is 11.4 Å². The molecule has 7 heteroatoms. The number of anilines is 1. The number of nitro benzene ring substituents is 1. The molecule has 0 aliphatic carbocycles. The van der Waals surface area contributed by atoms with Crippen molar-refractivity contribution in [3.05, 3.63) is 33.9 Å². The molecule has 0 aliphatic rings. The van der Waals surface area contributed by atoms with E-state index in [1.807, 2.05) is 0 Å². The van der Waals surface area contributed by atoms with Gasteiger partial charge in [-0.1, -0.05) is 0 Å². The van der Waals surface area contributed by atoms with Crippen molar-refractivity contribution in [2.24, 2.45) is 0 Å². The number of rotatable bonds is 5. The minimum Gasteiger partial charge on any atom is -0.394 e. The van der Waals surface area contributed by atoms with Gasteiger partial charge in [-0.15, -0.1) is 0 Å². The number of non-ortho nitro benzene ring substituents is 1. The summed E-state index contributed by atoms with van der Waals surface area (Å²) < 4.78 is 0. The molecule has 19 heavy (non-hydrogen) atoms. The van der Waals surface area contributed by atoms with Crippen LogP contribution < -0.4 is 5.32 Å². The van der Waals surface area contributed by atoms with E-state index < -0.39 is 4.92 Å². The molecule has 0 aliphatic heterocycles. The Morgan fingerprint density at radius 3 is 2.68 bits per heavy atom. The van der Waals surface area contributed by atoms with E-state index in [0.29, 0.717) is 5.69 Å². The molecule has 0 bridgehead atoms. The van der Waals surface area contributed by atoms with E-state index in [-0.39, 0.29) is 29.8 Å². The summed E-state index contributed by atoms with van der Waals surface area (Å²) >= 11 is 0. The van der Waals surface area contributed by atoms with Crippen LogP contribution in [0.2, 0.25) is 0 Å². The first kappa shape index (κ1) is 14.9. The van der Waals surface area contributed by atoms with Gasteiger partial charge in [0.2, 0.25) is 0 Å². The maximum absolute atomic E-state index is 12.3. The summed E-state index contributed by atoms with van der Waals surface area (Å²) in [6.45, 7) is 1.51. The second-order valence-corrected chi connectivity index (χ2v) is 4.18. The molecule has 1 aromatic carbocycles. The third-order valence-corrected chi connectivity index (χ3v) is 2.96. The van der Waals surface area contributed by atoms with Gasteiger partial charge in [0.1, 0.15) is 0 Å². The summed E-state index contributed by atoms with van der Waals surface area (Å²) in [7, 11) is 3.18. The highest BCUT2D eigenvalue weighted by atomic mass is 16.6. The normalized spacial score (nSPS) is 11.8. The van der Waals surface area contributed by atoms with Gasteiger partial charge >= 0.3 is 0 Å². The summed E-state index contributed by atoms with van der Waals surface area (Å²) in [6, 6.07) is 3.69. The quantitative estimate of drug-likeness (QED) is 0.615. The Bertz CT molecular complexity index is 490. The lowest BCUT2D eigenvalue weighted by Gasteiger charge is -2.24. The molecule has 0 heterocycles. The van der Waals surface area contributed by atoms with Gasteiger partial charge in [-0.25, -0.2) is 0 Å². The zero-order valence-electron chi connectivity index (χ0n) is 11.1. The van der Waals surface area contributed by atoms with E-state index in [1.54, 1.807) is 21.0 Å². The van der Waals surface area contributed by atoms with Gasteiger partial charge < -0.3 is 15.3 Å². The van der Waals surface area contributed by atoms with Gasteiger partial charge in [0.05, 0.1) is 23.1 Å². The zero-order chi connectivity index (χ0) is 14.6. The van der Waals surface area contributed by atoms with Crippen molar-refractivity contribution < 1.29 is 14.8 Å². The van der Waals surface area contributed by atoms with Gasteiger partial charge in [-0.2, -0.15) is 0 Å². The minimum atomic E-state index is -0.550. The van der Waals surface area contributed by atoms with Crippen LogP contribution in [-0.4, -0.2) is 47.6 Å². The van der Waals surface area contributed by atoms with Crippen LogP contribution in [0.3, 0.4) is 0 Å². The van der Waals surface area contributed by atoms with Crippen molar-refractivity contribution in [3.63, 3.8) is 0 Å². The zero-order valence-corrected chi connectivity index (χ0v) is 11.1. The third kappa shape index (κ3) is 3.19. The molecular weight excluding hydrogens is 250 g/mol. The number of hydrogen-bond donors (Lipinski definition) is 2. The molecule has 0 saturated heterocycles. The summed E-state index contributed by atoms with van der Waals surface area (Å²) in [5.74, 6) is -0.380. The highest BCUT2D eigenvalue weighted by Crippen LogP contribution is 2.23. The van der Waals surface area contributed by atoms with Gasteiger partial charge in [0.25, 0.3) is 11.6 Å². The Kier molecular flexibility index (Phi) is 4.82. The monoisotopic (exact) mass is 267 g/mol. The van der Waals surface area contributed by atoms with Gasteiger partial charge in [0, 0.05) is 31.9 Å². The van der Waals surface area contributed by atoms with Crippen LogP contribution in [0.5, 0.6) is 0 Å². The molecule has 1 aromatic rings. The van der Waals surface area contributed by atoms with Crippen LogP contribution >= 0.6 is 0 Å². The molecule has 1 rings (SSSR count). The second-order valence-electron chi connectivity index (χ2n) is 4.18. The molecule has 7 nitrogen and oxygen atoms in total. The molecule has 1 amide bonds. The van der Waals surface area contributed by atoms with Crippen molar-refractivity contribution in [2.45, 2.75) is 13.0 Å². The molecular formula is C12H17N3O4. The molecule has 1 atom stereocenters. The summed E-state index contributed by atoms with van der Waals surface area (Å²) in [5.41, 5.74) is 0.569. The number of carbonyl (C=O) groups is 1. The number of nitro groups is 1. The van der Waals surface area contributed by atoms with Gasteiger partial charge in [0.15, 0.2) is 0 Å². The van der Waals surface area contributed by atoms with Crippen molar-refractivity contribution >= 4 is 17.3 Å². The number of carbonyl (C=O) groups excluding carboxylic acids is 1. The third-order valence-electron chi connectivity index (χ3n) is 2.96. The fourth-order valence-corrected chi connectivity index (χ4v) is 1.55. The van der Waals surface area contributed by atoms with E-state index in [2.05, 4.69) is 5.32 Å². The van der Waals surface area contributed by atoms with E-state index in [1.165, 1.54) is 23.1 Å². The Morgan fingerprint density at radius 1 is 1.58 bits per heavy atom. The Balaban J connectivity index is 3.19. The van der Waals surface area contributed by atoms with Crippen molar-refractivity contribution in [1.29, 1.82) is 0 Å². The van der Waals surface area contributed by atoms with E-state index in [9.17, 15) is 14.9 Å². The summed E-state index contributed by atoms with van der Waals surface area (Å²) in [6.07, 6.45) is 0. The van der Waals surface area contributed by atoms with Crippen LogP contribution in [0, 0.1) is 10.1 Å². The van der Waals surface area contributed by atoms with Crippen LogP contribution in [-0.2, 0) is 0 Å². The van der Waals surface area contributed by atoms with Gasteiger partial charge in [-0.3, -0.25) is 14.9 Å². The lowest BCUT2D eigenvalue weighted by molar-refractivity contribution is -0.384. The number of amides is 1. The maximum Gasteiger partial charge on any atom is 0.270 e. The molecule has 0 radical (unpaired) electrons. The van der Waals surface area contributed by atoms with Crippen molar-refractivity contribution in [2.75, 3.05) is 26.0 Å². The lowest BCUT2D eigenvalue weighted by Crippen LogP contribution is -2.37. The maximum atomic E-state index is 12.3. The first-order valence-electron chi connectivity index (χ1n) is 5.76. The Hall–Kier alpha value is -2.15. The minimum absolute atomic E-state index is 0.146. The fraction of sp³-hybridized carbons (Fsp3) is 0.417. The molecule has 104 valence electrons. The molecule has 0 aromatic heterocycles. The smallest absolute Gasteiger partial charge is 0.270 e. The van der Waals surface area contributed by atoms with Crippen LogP contribution in [0.25, 0.3) is 0 Å². The lowest BCUT2D eigenvalue weighted by atomic mass is 10.1.